The van der Waals surface area contributed by atoms with Crippen molar-refractivity contribution in [2.45, 2.75) is 180 Å². The van der Waals surface area contributed by atoms with Crippen molar-refractivity contribution < 1.29 is 64.6 Å². The fraction of sp³-hybridized carbons (Fsp3) is 0.929. The van der Waals surface area contributed by atoms with Crippen LogP contribution in [0.3, 0.4) is 0 Å². The number of aliphatic hydroxyl groups excluding tert-OH is 7. The van der Waals surface area contributed by atoms with Crippen LogP contribution in [0.4, 0.5) is 0 Å². The average Bonchev–Trinajstić information content (AvgIpc) is 3.12. The molecule has 2 aliphatic heterocycles. The van der Waals surface area contributed by atoms with Crippen LogP contribution in [-0.2, 0) is 23.7 Å². The van der Waals surface area contributed by atoms with Gasteiger partial charge in [-0.25, -0.2) is 0 Å². The summed E-state index contributed by atoms with van der Waals surface area (Å²) in [5.41, 5.74) is 0.210. The number of aliphatic carboxylic acids is 1. The maximum Gasteiger partial charge on any atom is 0.310 e. The number of carboxylic acids is 1. The molecule has 0 radical (unpaired) electrons. The first-order valence-corrected chi connectivity index (χ1v) is 20.8. The Kier molecular flexibility index (Phi) is 10.8. The molecule has 55 heavy (non-hydrogen) atoms. The van der Waals surface area contributed by atoms with Crippen LogP contribution in [0, 0.1) is 50.2 Å². The quantitative estimate of drug-likeness (QED) is 0.138. The van der Waals surface area contributed by atoms with Gasteiger partial charge in [0.1, 0.15) is 48.8 Å². The van der Waals surface area contributed by atoms with Gasteiger partial charge >= 0.3 is 5.97 Å². The molecule has 314 valence electrons. The number of ether oxygens (including phenoxy) is 4. The molecule has 0 aromatic carbocycles. The number of allylic oxidation sites excluding steroid dienone is 2. The topological polar surface area (TPSA) is 216 Å². The minimum Gasteiger partial charge on any atom is -0.481 e. The summed E-state index contributed by atoms with van der Waals surface area (Å²) in [4.78, 5) is 13.1. The number of hydrogen-bond acceptors (Lipinski definition) is 12. The lowest BCUT2D eigenvalue weighted by Crippen LogP contribution is -2.67. The van der Waals surface area contributed by atoms with Crippen LogP contribution in [0.2, 0.25) is 0 Å². The highest BCUT2D eigenvalue weighted by atomic mass is 16.8. The van der Waals surface area contributed by atoms with E-state index in [9.17, 15) is 45.6 Å². The Morgan fingerprint density at radius 1 is 0.727 bits per heavy atom. The fourth-order valence-electron chi connectivity index (χ4n) is 13.7. The van der Waals surface area contributed by atoms with E-state index in [0.29, 0.717) is 18.8 Å². The Balaban J connectivity index is 1.15. The third-order valence-electron chi connectivity index (χ3n) is 17.3. The van der Waals surface area contributed by atoms with Crippen molar-refractivity contribution in [3.05, 3.63) is 11.6 Å². The molecule has 0 amide bonds. The van der Waals surface area contributed by atoms with Crippen molar-refractivity contribution in [3.8, 4) is 0 Å². The molecular formula is C42H68O13. The first kappa shape index (κ1) is 41.9. The molecule has 4 unspecified atom stereocenters. The van der Waals surface area contributed by atoms with E-state index in [1.54, 1.807) is 0 Å². The average molecular weight is 781 g/mol. The molecule has 7 aliphatic rings. The van der Waals surface area contributed by atoms with E-state index in [1.165, 1.54) is 5.57 Å². The Morgan fingerprint density at radius 3 is 1.98 bits per heavy atom. The van der Waals surface area contributed by atoms with E-state index in [-0.39, 0.29) is 39.6 Å². The van der Waals surface area contributed by atoms with Crippen molar-refractivity contribution in [1.29, 1.82) is 0 Å². The molecule has 6 fully saturated rings. The van der Waals surface area contributed by atoms with E-state index in [2.05, 4.69) is 54.5 Å². The van der Waals surface area contributed by atoms with Crippen molar-refractivity contribution in [2.24, 2.45) is 50.2 Å². The molecule has 13 heteroatoms. The van der Waals surface area contributed by atoms with Gasteiger partial charge in [-0.2, -0.15) is 0 Å². The van der Waals surface area contributed by atoms with Crippen LogP contribution >= 0.6 is 0 Å². The minimum atomic E-state index is -1.75. The first-order valence-electron chi connectivity index (χ1n) is 20.8. The van der Waals surface area contributed by atoms with Crippen LogP contribution < -0.4 is 0 Å². The first-order chi connectivity index (χ1) is 25.6. The lowest BCUT2D eigenvalue weighted by atomic mass is 9.33. The molecule has 4 saturated carbocycles. The fourth-order valence-corrected chi connectivity index (χ4v) is 13.7. The second kappa shape index (κ2) is 14.2. The summed E-state index contributed by atoms with van der Waals surface area (Å²) in [5.74, 6) is 0.0181. The van der Waals surface area contributed by atoms with Gasteiger partial charge < -0.3 is 59.8 Å². The van der Waals surface area contributed by atoms with Gasteiger partial charge in [-0.15, -0.1) is 0 Å². The standard InChI is InChI=1S/C42H68O13/c1-37(2)14-16-42(36(50)51)17-15-40(6)21(22(42)18-37)8-9-26-39(5)12-11-27(38(3,4)25(39)10-13-41(26,40)7)54-35-33(31(48)29(46)24(20-44)53-35)55-34-32(49)30(47)28(45)23(19-43)52-34/h8,22-35,43-49H,9-20H2,1-7H3,(H,50,51)/t22?,23-,24-,25?,26?,27?,28-,29+,30+,31+,32-,33-,34+,35-,39+,40-,41-,42+/m1/s1. The Bertz CT molecular complexity index is 1480. The van der Waals surface area contributed by atoms with Gasteiger partial charge in [-0.05, 0) is 109 Å². The zero-order valence-corrected chi connectivity index (χ0v) is 33.8. The predicted octanol–water partition coefficient (Wildman–Crippen LogP) is 2.88. The van der Waals surface area contributed by atoms with Crippen LogP contribution in [0.15, 0.2) is 11.6 Å². The van der Waals surface area contributed by atoms with Gasteiger partial charge in [0.05, 0.1) is 24.7 Å². The summed E-state index contributed by atoms with van der Waals surface area (Å²) in [5, 5.41) is 84.1. The molecule has 8 N–H and O–H groups in total. The molecule has 0 spiro atoms. The number of aliphatic hydroxyl groups is 7. The van der Waals surface area contributed by atoms with Crippen molar-refractivity contribution in [1.82, 2.24) is 0 Å². The van der Waals surface area contributed by atoms with Gasteiger partial charge in [0.15, 0.2) is 12.6 Å². The molecule has 2 heterocycles. The summed E-state index contributed by atoms with van der Waals surface area (Å²) in [6.07, 6.45) is -4.41. The highest BCUT2D eigenvalue weighted by Gasteiger charge is 2.69. The number of carboxylic acid groups (broad SMARTS) is 1. The third-order valence-corrected chi connectivity index (χ3v) is 17.3. The van der Waals surface area contributed by atoms with E-state index in [0.717, 1.165) is 51.4 Å². The Morgan fingerprint density at radius 2 is 1.35 bits per heavy atom. The van der Waals surface area contributed by atoms with Crippen LogP contribution in [0.25, 0.3) is 0 Å². The zero-order chi connectivity index (χ0) is 40.3. The number of fused-ring (bicyclic) bond motifs is 7. The SMILES string of the molecule is CC1(C)CC[C@]2(C(=O)O)CC[C@]3(C)C(=CCC4[C@@]5(C)CCC(O[C@H]6O[C@H](CO)[C@H](O)[C@H](O)[C@H]6O[C@@H]6O[C@H](CO)[C@@H](O)[C@H](O)[C@H]6O)C(C)(C)C5CC[C@]43C)C2C1. The van der Waals surface area contributed by atoms with E-state index >= 15 is 0 Å². The molecule has 13 nitrogen and oxygen atoms in total. The lowest BCUT2D eigenvalue weighted by molar-refractivity contribution is -0.378. The number of rotatable bonds is 7. The van der Waals surface area contributed by atoms with Gasteiger partial charge in [0, 0.05) is 0 Å². The maximum absolute atomic E-state index is 13.1. The summed E-state index contributed by atoms with van der Waals surface area (Å²) in [6.45, 7) is 15.1. The van der Waals surface area contributed by atoms with Gasteiger partial charge in [0.25, 0.3) is 0 Å². The maximum atomic E-state index is 13.1. The summed E-state index contributed by atoms with van der Waals surface area (Å²) in [7, 11) is 0. The van der Waals surface area contributed by atoms with Gasteiger partial charge in [-0.1, -0.05) is 60.1 Å². The molecule has 0 aromatic heterocycles. The zero-order valence-electron chi connectivity index (χ0n) is 33.8. The lowest BCUT2D eigenvalue weighted by Gasteiger charge is -2.71. The van der Waals surface area contributed by atoms with Gasteiger partial charge in [-0.3, -0.25) is 4.79 Å². The molecule has 0 aromatic rings. The molecule has 5 aliphatic carbocycles. The molecule has 7 rings (SSSR count). The predicted molar refractivity (Wildman–Crippen MR) is 198 cm³/mol. The van der Waals surface area contributed by atoms with E-state index < -0.39 is 91.4 Å². The van der Waals surface area contributed by atoms with Crippen molar-refractivity contribution in [2.75, 3.05) is 13.2 Å². The second-order valence-corrected chi connectivity index (χ2v) is 20.7. The van der Waals surface area contributed by atoms with Crippen LogP contribution in [0.1, 0.15) is 113 Å². The normalized spacial score (nSPS) is 53.2. The monoisotopic (exact) mass is 780 g/mol. The second-order valence-electron chi connectivity index (χ2n) is 20.7. The molecule has 18 atom stereocenters. The smallest absolute Gasteiger partial charge is 0.310 e. The van der Waals surface area contributed by atoms with Gasteiger partial charge in [0.2, 0.25) is 0 Å². The third kappa shape index (κ3) is 6.23. The van der Waals surface area contributed by atoms with Crippen molar-refractivity contribution in [3.63, 3.8) is 0 Å². The highest BCUT2D eigenvalue weighted by Crippen LogP contribution is 2.76. The van der Waals surface area contributed by atoms with Crippen LogP contribution in [0.5, 0.6) is 0 Å². The number of hydrogen-bond donors (Lipinski definition) is 8. The summed E-state index contributed by atoms with van der Waals surface area (Å²) >= 11 is 0. The van der Waals surface area contributed by atoms with E-state index in [4.69, 9.17) is 18.9 Å². The molecule has 2 saturated heterocycles. The minimum absolute atomic E-state index is 0.0240. The van der Waals surface area contributed by atoms with Crippen LogP contribution in [-0.4, -0.2) is 128 Å². The Labute approximate surface area is 325 Å². The summed E-state index contributed by atoms with van der Waals surface area (Å²) in [6, 6.07) is 0. The number of carbonyl (C=O) groups is 1. The largest absolute Gasteiger partial charge is 0.481 e. The van der Waals surface area contributed by atoms with Crippen molar-refractivity contribution >= 4 is 5.97 Å². The highest BCUT2D eigenvalue weighted by molar-refractivity contribution is 5.76. The summed E-state index contributed by atoms with van der Waals surface area (Å²) < 4.78 is 24.4. The Hall–Kier alpha value is -1.23. The molecular weight excluding hydrogens is 712 g/mol. The van der Waals surface area contributed by atoms with E-state index in [1.807, 2.05) is 0 Å². The molecule has 0 bridgehead atoms.